The van der Waals surface area contributed by atoms with E-state index in [1.54, 1.807) is 0 Å². The van der Waals surface area contributed by atoms with Gasteiger partial charge in [0.1, 0.15) is 0 Å². The van der Waals surface area contributed by atoms with Crippen molar-refractivity contribution in [3.8, 4) is 0 Å². The molecule has 0 unspecified atom stereocenters. The number of halogens is 1. The highest BCUT2D eigenvalue weighted by Crippen LogP contribution is 2.18. The fourth-order valence-corrected chi connectivity index (χ4v) is 1.87. The van der Waals surface area contributed by atoms with Crippen LogP contribution >= 0.6 is 15.9 Å². The molecule has 0 spiro atoms. The zero-order valence-electron chi connectivity index (χ0n) is 8.54. The Bertz CT molecular complexity index is 485. The molecule has 0 radical (unpaired) electrons. The Kier molecular flexibility index (Phi) is 3.22. The van der Waals surface area contributed by atoms with Gasteiger partial charge in [0, 0.05) is 0 Å². The molecule has 0 nitrogen and oxygen atoms in total. The van der Waals surface area contributed by atoms with Gasteiger partial charge in [-0.05, 0) is 33.7 Å². The minimum Gasteiger partial charge on any atom is -0.0888 e. The summed E-state index contributed by atoms with van der Waals surface area (Å²) in [4.78, 5) is 0. The highest BCUT2D eigenvalue weighted by Gasteiger charge is 1.96. The molecule has 0 saturated carbocycles. The lowest BCUT2D eigenvalue weighted by molar-refractivity contribution is 0.998. The molecular weight excluding hydrogens is 248 g/mol. The number of aryl methyl sites for hydroxylation is 1. The summed E-state index contributed by atoms with van der Waals surface area (Å²) in [5.74, 6) is 0. The molecule has 0 fully saturated rings. The van der Waals surface area contributed by atoms with Crippen molar-refractivity contribution >= 4 is 26.7 Å². The number of allylic oxidation sites excluding steroid dienone is 1. The van der Waals surface area contributed by atoms with Gasteiger partial charge in [0.05, 0.1) is 0 Å². The molecule has 0 aliphatic heterocycles. The number of fused-ring (bicyclic) bond motifs is 1. The molecule has 0 bridgehead atoms. The highest BCUT2D eigenvalue weighted by atomic mass is 79.9. The Morgan fingerprint density at radius 3 is 2.53 bits per heavy atom. The summed E-state index contributed by atoms with van der Waals surface area (Å²) < 4.78 is 1.07. The van der Waals surface area contributed by atoms with Crippen LogP contribution in [-0.2, 0) is 6.42 Å². The van der Waals surface area contributed by atoms with Gasteiger partial charge >= 0.3 is 0 Å². The van der Waals surface area contributed by atoms with Gasteiger partial charge in [-0.2, -0.15) is 0 Å². The molecule has 0 aromatic heterocycles. The average molecular weight is 261 g/mol. The lowest BCUT2D eigenvalue weighted by Gasteiger charge is -2.02. The minimum atomic E-state index is 0.998. The monoisotopic (exact) mass is 260 g/mol. The highest BCUT2D eigenvalue weighted by molar-refractivity contribution is 9.11. The van der Waals surface area contributed by atoms with Crippen molar-refractivity contribution < 1.29 is 0 Å². The summed E-state index contributed by atoms with van der Waals surface area (Å²) in [6.45, 7) is 3.85. The third-order valence-corrected chi connectivity index (χ3v) is 2.90. The van der Waals surface area contributed by atoms with E-state index >= 15 is 0 Å². The molecule has 0 aliphatic rings. The van der Waals surface area contributed by atoms with Gasteiger partial charge in [-0.1, -0.05) is 65.0 Å². The molecule has 0 N–H and O–H groups in total. The van der Waals surface area contributed by atoms with E-state index in [0.717, 1.165) is 17.3 Å². The van der Waals surface area contributed by atoms with Crippen LogP contribution in [0.5, 0.6) is 0 Å². The van der Waals surface area contributed by atoms with Crippen molar-refractivity contribution in [2.45, 2.75) is 12.8 Å². The zero-order chi connectivity index (χ0) is 10.7. The maximum absolute atomic E-state index is 3.85. The molecule has 0 saturated heterocycles. The summed E-state index contributed by atoms with van der Waals surface area (Å²) in [5.41, 5.74) is 1.37. The molecule has 0 atom stereocenters. The van der Waals surface area contributed by atoms with E-state index in [1.807, 2.05) is 0 Å². The van der Waals surface area contributed by atoms with Gasteiger partial charge in [-0.15, -0.1) is 0 Å². The van der Waals surface area contributed by atoms with E-state index in [-0.39, 0.29) is 0 Å². The first kappa shape index (κ1) is 10.4. The SMILES string of the molecule is C=C(Br)CCc1ccc2ccccc2c1. The predicted molar refractivity (Wildman–Crippen MR) is 70.3 cm³/mol. The Labute approximate surface area is 98.8 Å². The number of hydrogen-bond donors (Lipinski definition) is 0. The third-order valence-electron chi connectivity index (χ3n) is 2.50. The number of hydrogen-bond acceptors (Lipinski definition) is 0. The van der Waals surface area contributed by atoms with Gasteiger partial charge in [0.15, 0.2) is 0 Å². The Hall–Kier alpha value is -1.08. The first-order valence-corrected chi connectivity index (χ1v) is 5.86. The lowest BCUT2D eigenvalue weighted by atomic mass is 10.0. The van der Waals surface area contributed by atoms with Gasteiger partial charge in [-0.25, -0.2) is 0 Å². The van der Waals surface area contributed by atoms with Gasteiger partial charge in [0.25, 0.3) is 0 Å². The maximum Gasteiger partial charge on any atom is -0.0118 e. The number of rotatable bonds is 3. The van der Waals surface area contributed by atoms with Crippen molar-refractivity contribution in [2.75, 3.05) is 0 Å². The van der Waals surface area contributed by atoms with Crippen molar-refractivity contribution in [3.05, 3.63) is 59.1 Å². The van der Waals surface area contributed by atoms with Crippen molar-refractivity contribution in [2.24, 2.45) is 0 Å². The molecule has 2 aromatic rings. The second-order valence-electron chi connectivity index (χ2n) is 3.70. The topological polar surface area (TPSA) is 0 Å². The van der Waals surface area contributed by atoms with Crippen LogP contribution in [0.15, 0.2) is 53.5 Å². The van der Waals surface area contributed by atoms with E-state index in [1.165, 1.54) is 16.3 Å². The van der Waals surface area contributed by atoms with Crippen molar-refractivity contribution in [1.82, 2.24) is 0 Å². The quantitative estimate of drug-likeness (QED) is 0.752. The second kappa shape index (κ2) is 4.63. The first-order valence-electron chi connectivity index (χ1n) is 5.07. The molecule has 2 aromatic carbocycles. The lowest BCUT2D eigenvalue weighted by Crippen LogP contribution is -1.84. The fourth-order valence-electron chi connectivity index (χ4n) is 1.67. The summed E-state index contributed by atoms with van der Waals surface area (Å²) in [6, 6.07) is 15.1. The molecule has 15 heavy (non-hydrogen) atoms. The summed E-state index contributed by atoms with van der Waals surface area (Å²) in [7, 11) is 0. The summed E-state index contributed by atoms with van der Waals surface area (Å²) in [6.07, 6.45) is 2.05. The van der Waals surface area contributed by atoms with Crippen LogP contribution in [-0.4, -0.2) is 0 Å². The van der Waals surface area contributed by atoms with Crippen molar-refractivity contribution in [1.29, 1.82) is 0 Å². The van der Waals surface area contributed by atoms with E-state index in [0.29, 0.717) is 0 Å². The van der Waals surface area contributed by atoms with Crippen LogP contribution in [0.4, 0.5) is 0 Å². The van der Waals surface area contributed by atoms with Gasteiger partial charge in [-0.3, -0.25) is 0 Å². The summed E-state index contributed by atoms with van der Waals surface area (Å²) in [5, 5.41) is 2.62. The maximum atomic E-state index is 3.85. The zero-order valence-corrected chi connectivity index (χ0v) is 10.1. The normalized spacial score (nSPS) is 10.5. The second-order valence-corrected chi connectivity index (χ2v) is 4.82. The smallest absolute Gasteiger partial charge is 0.0118 e. The van der Waals surface area contributed by atoms with Gasteiger partial charge < -0.3 is 0 Å². The van der Waals surface area contributed by atoms with Crippen LogP contribution in [0, 0.1) is 0 Å². The molecule has 1 heteroatoms. The molecular formula is C14H13Br. The van der Waals surface area contributed by atoms with E-state index in [4.69, 9.17) is 0 Å². The third kappa shape index (κ3) is 2.69. The summed E-state index contributed by atoms with van der Waals surface area (Å²) >= 11 is 3.39. The van der Waals surface area contributed by atoms with Gasteiger partial charge in [0.2, 0.25) is 0 Å². The van der Waals surface area contributed by atoms with Crippen LogP contribution in [0.3, 0.4) is 0 Å². The van der Waals surface area contributed by atoms with Crippen LogP contribution in [0.25, 0.3) is 10.8 Å². The largest absolute Gasteiger partial charge is 0.0888 e. The Morgan fingerprint density at radius 1 is 1.07 bits per heavy atom. The fraction of sp³-hybridized carbons (Fsp3) is 0.143. The van der Waals surface area contributed by atoms with Crippen LogP contribution in [0.2, 0.25) is 0 Å². The Balaban J connectivity index is 2.26. The average Bonchev–Trinajstić information content (AvgIpc) is 2.26. The number of benzene rings is 2. The molecule has 0 amide bonds. The molecule has 0 aliphatic carbocycles. The predicted octanol–water partition coefficient (Wildman–Crippen LogP) is 4.68. The first-order chi connectivity index (χ1) is 7.25. The minimum absolute atomic E-state index is 0.998. The molecule has 0 heterocycles. The standard InChI is InChI=1S/C14H13Br/c1-11(15)6-7-12-8-9-13-4-2-3-5-14(13)10-12/h2-5,8-10H,1,6-7H2. The molecule has 2 rings (SSSR count). The van der Waals surface area contributed by atoms with E-state index < -0.39 is 0 Å². The molecule has 76 valence electrons. The van der Waals surface area contributed by atoms with Crippen LogP contribution < -0.4 is 0 Å². The van der Waals surface area contributed by atoms with Crippen molar-refractivity contribution in [3.63, 3.8) is 0 Å². The van der Waals surface area contributed by atoms with Crippen LogP contribution in [0.1, 0.15) is 12.0 Å². The van der Waals surface area contributed by atoms with E-state index in [2.05, 4.69) is 65.0 Å². The van der Waals surface area contributed by atoms with E-state index in [9.17, 15) is 0 Å². The Morgan fingerprint density at radius 2 is 1.80 bits per heavy atom.